The van der Waals surface area contributed by atoms with E-state index in [0.717, 1.165) is 11.4 Å². The lowest BCUT2D eigenvalue weighted by Crippen LogP contribution is -2.39. The van der Waals surface area contributed by atoms with Crippen LogP contribution in [0.3, 0.4) is 0 Å². The standard InChI is InChI=1S/C18H17NO5S/c1-11-7-6-8-12(2)15(11)19-16(18(21)24-3)17(20)13-9-4-5-10-14(13)25(19,22)23/h4-10,20H,1-3H3. The number of para-hydroxylation sites is 1. The minimum absolute atomic E-state index is 0.0668. The Labute approximate surface area is 146 Å². The second-order valence-electron chi connectivity index (χ2n) is 5.69. The van der Waals surface area contributed by atoms with Crippen molar-refractivity contribution in [2.24, 2.45) is 0 Å². The Morgan fingerprint density at radius 2 is 1.64 bits per heavy atom. The molecule has 1 heterocycles. The van der Waals surface area contributed by atoms with Crippen molar-refractivity contribution in [1.82, 2.24) is 0 Å². The van der Waals surface area contributed by atoms with Gasteiger partial charge in [0, 0.05) is 5.56 Å². The van der Waals surface area contributed by atoms with Crippen molar-refractivity contribution in [3.05, 3.63) is 64.9 Å². The molecule has 1 aliphatic rings. The van der Waals surface area contributed by atoms with Crippen LogP contribution in [0.15, 0.2) is 53.1 Å². The van der Waals surface area contributed by atoms with Crippen LogP contribution >= 0.6 is 0 Å². The zero-order valence-corrected chi connectivity index (χ0v) is 14.8. The zero-order valence-electron chi connectivity index (χ0n) is 14.0. The van der Waals surface area contributed by atoms with Crippen molar-refractivity contribution >= 4 is 27.4 Å². The van der Waals surface area contributed by atoms with Crippen LogP contribution in [0.5, 0.6) is 0 Å². The molecular formula is C18H17NO5S. The van der Waals surface area contributed by atoms with Gasteiger partial charge in [-0.3, -0.25) is 0 Å². The van der Waals surface area contributed by atoms with Crippen molar-refractivity contribution in [2.45, 2.75) is 18.7 Å². The van der Waals surface area contributed by atoms with Gasteiger partial charge in [0.2, 0.25) is 0 Å². The Kier molecular flexibility index (Phi) is 4.04. The van der Waals surface area contributed by atoms with Crippen molar-refractivity contribution in [2.75, 3.05) is 11.4 Å². The molecule has 0 spiro atoms. The summed E-state index contributed by atoms with van der Waals surface area (Å²) in [6, 6.07) is 11.3. The smallest absolute Gasteiger partial charge is 0.359 e. The lowest BCUT2D eigenvalue weighted by molar-refractivity contribution is -0.136. The Morgan fingerprint density at radius 3 is 2.24 bits per heavy atom. The molecule has 0 unspecified atom stereocenters. The van der Waals surface area contributed by atoms with E-state index in [2.05, 4.69) is 0 Å². The number of carbonyl (C=O) groups excluding carboxylic acids is 1. The number of aryl methyl sites for hydroxylation is 2. The van der Waals surface area contributed by atoms with Crippen molar-refractivity contribution < 1.29 is 23.1 Å². The summed E-state index contributed by atoms with van der Waals surface area (Å²) in [6.07, 6.45) is 0. The van der Waals surface area contributed by atoms with Crippen LogP contribution in [-0.2, 0) is 19.6 Å². The first-order chi connectivity index (χ1) is 11.8. The van der Waals surface area contributed by atoms with Crippen molar-refractivity contribution in [1.29, 1.82) is 0 Å². The topological polar surface area (TPSA) is 83.9 Å². The van der Waals surface area contributed by atoms with Gasteiger partial charge in [-0.15, -0.1) is 0 Å². The maximum Gasteiger partial charge on any atom is 0.359 e. The first kappa shape index (κ1) is 17.0. The van der Waals surface area contributed by atoms with Gasteiger partial charge >= 0.3 is 5.97 Å². The summed E-state index contributed by atoms with van der Waals surface area (Å²) in [7, 11) is -2.97. The third-order valence-electron chi connectivity index (χ3n) is 4.11. The van der Waals surface area contributed by atoms with Crippen LogP contribution in [0.2, 0.25) is 0 Å². The Balaban J connectivity index is 2.45. The number of hydrogen-bond donors (Lipinski definition) is 1. The number of hydrogen-bond acceptors (Lipinski definition) is 5. The Morgan fingerprint density at radius 1 is 1.04 bits per heavy atom. The van der Waals surface area contributed by atoms with E-state index < -0.39 is 27.4 Å². The Bertz CT molecular complexity index is 988. The number of anilines is 1. The quantitative estimate of drug-likeness (QED) is 0.834. The number of nitrogens with zero attached hydrogens (tertiary/aromatic N) is 1. The number of aliphatic hydroxyl groups excluding tert-OH is 1. The summed E-state index contributed by atoms with van der Waals surface area (Å²) in [4.78, 5) is 12.3. The van der Waals surface area contributed by atoms with Gasteiger partial charge in [-0.2, -0.15) is 0 Å². The molecule has 2 aromatic carbocycles. The monoisotopic (exact) mass is 359 g/mol. The number of sulfonamides is 1. The minimum atomic E-state index is -4.10. The molecule has 0 amide bonds. The summed E-state index contributed by atoms with van der Waals surface area (Å²) in [6.45, 7) is 3.48. The van der Waals surface area contributed by atoms with E-state index in [1.807, 2.05) is 0 Å². The average Bonchev–Trinajstić information content (AvgIpc) is 2.59. The molecule has 2 aromatic rings. The number of esters is 1. The van der Waals surface area contributed by atoms with Gasteiger partial charge in [-0.05, 0) is 37.1 Å². The van der Waals surface area contributed by atoms with Crippen LogP contribution in [0, 0.1) is 13.8 Å². The van der Waals surface area contributed by atoms with Gasteiger partial charge in [0.05, 0.1) is 17.7 Å². The van der Waals surface area contributed by atoms with E-state index in [9.17, 15) is 18.3 Å². The number of ether oxygens (including phenoxy) is 1. The number of methoxy groups -OCH3 is 1. The van der Waals surface area contributed by atoms with Gasteiger partial charge < -0.3 is 9.84 Å². The number of rotatable bonds is 2. The maximum absolute atomic E-state index is 13.3. The van der Waals surface area contributed by atoms with Gasteiger partial charge in [-0.25, -0.2) is 17.5 Å². The fourth-order valence-corrected chi connectivity index (χ4v) is 4.78. The third-order valence-corrected chi connectivity index (χ3v) is 5.87. The molecule has 1 aliphatic heterocycles. The molecule has 0 bridgehead atoms. The first-order valence-electron chi connectivity index (χ1n) is 7.53. The third kappa shape index (κ3) is 2.47. The minimum Gasteiger partial charge on any atom is -0.505 e. The molecule has 6 nitrogen and oxygen atoms in total. The van der Waals surface area contributed by atoms with Crippen LogP contribution in [-0.4, -0.2) is 26.6 Å². The molecule has 0 fully saturated rings. The van der Waals surface area contributed by atoms with Crippen molar-refractivity contribution in [3.63, 3.8) is 0 Å². The number of benzene rings is 2. The second-order valence-corrected chi connectivity index (χ2v) is 7.45. The summed E-state index contributed by atoms with van der Waals surface area (Å²) in [5, 5.41) is 10.6. The average molecular weight is 359 g/mol. The largest absolute Gasteiger partial charge is 0.505 e. The summed E-state index contributed by atoms with van der Waals surface area (Å²) in [5.74, 6) is -1.36. The van der Waals surface area contributed by atoms with Gasteiger partial charge in [0.25, 0.3) is 10.0 Å². The van der Waals surface area contributed by atoms with Crippen LogP contribution in [0.1, 0.15) is 16.7 Å². The summed E-state index contributed by atoms with van der Waals surface area (Å²) < 4.78 is 32.1. The highest BCUT2D eigenvalue weighted by molar-refractivity contribution is 7.93. The van der Waals surface area contributed by atoms with Crippen LogP contribution in [0.4, 0.5) is 5.69 Å². The first-order valence-corrected chi connectivity index (χ1v) is 8.97. The van der Waals surface area contributed by atoms with Gasteiger partial charge in [-0.1, -0.05) is 30.3 Å². The van der Waals surface area contributed by atoms with E-state index in [1.54, 1.807) is 44.2 Å². The molecule has 0 aromatic heterocycles. The summed E-state index contributed by atoms with van der Waals surface area (Å²) >= 11 is 0. The Hall–Kier alpha value is -2.80. The highest BCUT2D eigenvalue weighted by atomic mass is 32.2. The van der Waals surface area contributed by atoms with Crippen LogP contribution < -0.4 is 4.31 Å². The fourth-order valence-electron chi connectivity index (χ4n) is 2.96. The molecule has 0 aliphatic carbocycles. The lowest BCUT2D eigenvalue weighted by Gasteiger charge is -2.32. The van der Waals surface area contributed by atoms with E-state index >= 15 is 0 Å². The molecule has 130 valence electrons. The second kappa shape index (κ2) is 5.93. The van der Waals surface area contributed by atoms with Crippen LogP contribution in [0.25, 0.3) is 5.76 Å². The highest BCUT2D eigenvalue weighted by Crippen LogP contribution is 2.41. The molecule has 7 heteroatoms. The molecule has 0 atom stereocenters. The van der Waals surface area contributed by atoms with E-state index in [4.69, 9.17) is 4.74 Å². The number of fused-ring (bicyclic) bond motifs is 1. The predicted molar refractivity (Wildman–Crippen MR) is 93.6 cm³/mol. The summed E-state index contributed by atoms with van der Waals surface area (Å²) in [5.41, 5.74) is 1.28. The molecule has 1 N–H and O–H groups in total. The van der Waals surface area contributed by atoms with E-state index in [0.29, 0.717) is 16.8 Å². The maximum atomic E-state index is 13.3. The molecule has 0 saturated carbocycles. The van der Waals surface area contributed by atoms with E-state index in [1.165, 1.54) is 12.1 Å². The lowest BCUT2D eigenvalue weighted by atomic mass is 10.1. The fraction of sp³-hybridized carbons (Fsp3) is 0.167. The van der Waals surface area contributed by atoms with Gasteiger partial charge in [0.15, 0.2) is 11.5 Å². The molecule has 0 saturated heterocycles. The zero-order chi connectivity index (χ0) is 18.4. The normalized spacial score (nSPS) is 15.7. The number of aliphatic hydroxyl groups is 1. The van der Waals surface area contributed by atoms with Gasteiger partial charge in [0.1, 0.15) is 0 Å². The van der Waals surface area contributed by atoms with Crippen molar-refractivity contribution in [3.8, 4) is 0 Å². The van der Waals surface area contributed by atoms with E-state index in [-0.39, 0.29) is 10.5 Å². The molecule has 3 rings (SSSR count). The molecular weight excluding hydrogens is 342 g/mol. The SMILES string of the molecule is COC(=O)C1=C(O)c2ccccc2S(=O)(=O)N1c1c(C)cccc1C. The molecule has 0 radical (unpaired) electrons. The number of carbonyl (C=O) groups is 1. The highest BCUT2D eigenvalue weighted by Gasteiger charge is 2.42. The molecule has 25 heavy (non-hydrogen) atoms. The predicted octanol–water partition coefficient (Wildman–Crippen LogP) is 2.91.